The lowest BCUT2D eigenvalue weighted by molar-refractivity contribution is 0.316. The fourth-order valence-electron chi connectivity index (χ4n) is 3.57. The Morgan fingerprint density at radius 3 is 3.00 bits per heavy atom. The zero-order chi connectivity index (χ0) is 18.4. The van der Waals surface area contributed by atoms with Gasteiger partial charge in [0.2, 0.25) is 5.88 Å². The van der Waals surface area contributed by atoms with Gasteiger partial charge in [0.15, 0.2) is 0 Å². The van der Waals surface area contributed by atoms with E-state index in [2.05, 4.69) is 27.0 Å². The topological polar surface area (TPSA) is 61.2 Å². The molecule has 2 aliphatic rings. The van der Waals surface area contributed by atoms with Crippen molar-refractivity contribution in [3.63, 3.8) is 0 Å². The molecule has 2 aromatic heterocycles. The van der Waals surface area contributed by atoms with Crippen molar-refractivity contribution in [2.45, 2.75) is 25.8 Å². The number of rotatable bonds is 5. The number of imidazole rings is 1. The number of nitrogens with one attached hydrogen (secondary N) is 1. The minimum Gasteiger partial charge on any atom is -0.491 e. The van der Waals surface area contributed by atoms with Gasteiger partial charge in [-0.15, -0.1) is 0 Å². The number of hydrogen-bond donors (Lipinski definition) is 1. The van der Waals surface area contributed by atoms with E-state index < -0.39 is 0 Å². The summed E-state index contributed by atoms with van der Waals surface area (Å²) in [6.45, 7) is 2.55. The van der Waals surface area contributed by atoms with Gasteiger partial charge in [0.1, 0.15) is 22.1 Å². The third-order valence-corrected chi connectivity index (χ3v) is 5.41. The van der Waals surface area contributed by atoms with Gasteiger partial charge in [0, 0.05) is 36.6 Å². The predicted molar refractivity (Wildman–Crippen MR) is 106 cm³/mol. The highest BCUT2D eigenvalue weighted by atomic mass is 35.5. The summed E-state index contributed by atoms with van der Waals surface area (Å²) in [4.78, 5) is 9.20. The smallest absolute Gasteiger partial charge is 0.232 e. The molecular formula is C20H21ClN4O2. The molecule has 0 amide bonds. The Kier molecular flexibility index (Phi) is 4.08. The van der Waals surface area contributed by atoms with Crippen molar-refractivity contribution in [1.29, 1.82) is 0 Å². The average molecular weight is 385 g/mol. The first kappa shape index (κ1) is 16.7. The van der Waals surface area contributed by atoms with Gasteiger partial charge in [-0.05, 0) is 37.3 Å². The molecule has 0 spiro atoms. The molecule has 7 heteroatoms. The zero-order valence-electron chi connectivity index (χ0n) is 15.2. The molecule has 3 aromatic rings. The molecule has 140 valence electrons. The van der Waals surface area contributed by atoms with E-state index in [1.165, 1.54) is 12.8 Å². The third kappa shape index (κ3) is 3.08. The maximum atomic E-state index is 6.29. The quantitative estimate of drug-likeness (QED) is 0.708. The van der Waals surface area contributed by atoms with E-state index in [9.17, 15) is 0 Å². The molecule has 0 radical (unpaired) electrons. The Bertz CT molecular complexity index is 1010. The summed E-state index contributed by atoms with van der Waals surface area (Å²) < 4.78 is 13.4. The molecule has 0 bridgehead atoms. The summed E-state index contributed by atoms with van der Waals surface area (Å²) in [6.07, 6.45) is 5.33. The molecule has 1 aliphatic carbocycles. The number of methoxy groups -OCH3 is 1. The largest absolute Gasteiger partial charge is 0.491 e. The van der Waals surface area contributed by atoms with Crippen LogP contribution in [0.15, 0.2) is 24.4 Å². The van der Waals surface area contributed by atoms with Crippen LogP contribution in [0.4, 0.5) is 5.69 Å². The second-order valence-electron chi connectivity index (χ2n) is 7.17. The predicted octanol–water partition coefficient (Wildman–Crippen LogP) is 4.36. The Balaban J connectivity index is 1.61. The molecule has 3 heterocycles. The number of nitrogens with zero attached hydrogens (tertiary/aromatic N) is 3. The van der Waals surface area contributed by atoms with E-state index in [4.69, 9.17) is 26.1 Å². The molecule has 1 fully saturated rings. The minimum atomic E-state index is 0.419. The number of halogens is 1. The van der Waals surface area contributed by atoms with Crippen molar-refractivity contribution in [3.05, 3.63) is 29.4 Å². The Morgan fingerprint density at radius 1 is 1.33 bits per heavy atom. The molecule has 0 unspecified atom stereocenters. The highest BCUT2D eigenvalue weighted by molar-refractivity contribution is 6.32. The normalized spacial score (nSPS) is 16.1. The Hall–Kier alpha value is -2.47. The highest BCUT2D eigenvalue weighted by Crippen LogP contribution is 2.37. The van der Waals surface area contributed by atoms with Gasteiger partial charge in [-0.2, -0.15) is 0 Å². The Morgan fingerprint density at radius 2 is 2.22 bits per heavy atom. The van der Waals surface area contributed by atoms with Crippen LogP contribution in [0.1, 0.15) is 19.3 Å². The molecule has 27 heavy (non-hydrogen) atoms. The van der Waals surface area contributed by atoms with Crippen LogP contribution in [0.25, 0.3) is 22.4 Å². The van der Waals surface area contributed by atoms with Crippen molar-refractivity contribution in [1.82, 2.24) is 14.5 Å². The van der Waals surface area contributed by atoms with Crippen LogP contribution in [0.3, 0.4) is 0 Å². The van der Waals surface area contributed by atoms with Crippen LogP contribution >= 0.6 is 11.6 Å². The van der Waals surface area contributed by atoms with Gasteiger partial charge < -0.3 is 19.4 Å². The first-order valence-electron chi connectivity index (χ1n) is 9.34. The molecule has 0 atom stereocenters. The number of pyridine rings is 1. The van der Waals surface area contributed by atoms with Crippen LogP contribution < -0.4 is 14.8 Å². The van der Waals surface area contributed by atoms with Crippen LogP contribution in [-0.4, -0.2) is 34.8 Å². The van der Waals surface area contributed by atoms with E-state index in [-0.39, 0.29) is 0 Å². The van der Waals surface area contributed by atoms with Gasteiger partial charge in [-0.1, -0.05) is 11.6 Å². The summed E-state index contributed by atoms with van der Waals surface area (Å²) in [5.74, 6) is 2.96. The van der Waals surface area contributed by atoms with Crippen LogP contribution in [-0.2, 0) is 6.54 Å². The van der Waals surface area contributed by atoms with E-state index >= 15 is 0 Å². The monoisotopic (exact) mass is 384 g/mol. The summed E-state index contributed by atoms with van der Waals surface area (Å²) >= 11 is 6.29. The van der Waals surface area contributed by atoms with Gasteiger partial charge >= 0.3 is 0 Å². The van der Waals surface area contributed by atoms with Crippen LogP contribution in [0.5, 0.6) is 11.6 Å². The molecule has 1 aromatic carbocycles. The Labute approximate surface area is 162 Å². The number of aromatic nitrogens is 3. The second kappa shape index (κ2) is 6.60. The van der Waals surface area contributed by atoms with Crippen LogP contribution in [0, 0.1) is 5.92 Å². The maximum Gasteiger partial charge on any atom is 0.232 e. The standard InChI is InChI=1S/C20H21ClN4O2/c1-26-20-15(21)7-13(11-23-20)19-24-16-8-14(22-10-12-3-4-12)9-17-18(16)25(19)5-2-6-27-17/h7-9,11-12,22H,2-6,10H2,1H3. The highest BCUT2D eigenvalue weighted by Gasteiger charge is 2.23. The van der Waals surface area contributed by atoms with Crippen molar-refractivity contribution >= 4 is 28.3 Å². The number of aryl methyl sites for hydroxylation is 1. The fraction of sp³-hybridized carbons (Fsp3) is 0.400. The zero-order valence-corrected chi connectivity index (χ0v) is 15.9. The number of hydrogen-bond acceptors (Lipinski definition) is 5. The molecule has 0 saturated heterocycles. The van der Waals surface area contributed by atoms with Crippen molar-refractivity contribution in [3.8, 4) is 23.0 Å². The first-order chi connectivity index (χ1) is 13.2. The molecule has 1 saturated carbocycles. The van der Waals surface area contributed by atoms with E-state index in [0.29, 0.717) is 17.5 Å². The lowest BCUT2D eigenvalue weighted by Gasteiger charge is -2.10. The van der Waals surface area contributed by atoms with E-state index in [0.717, 1.165) is 59.3 Å². The van der Waals surface area contributed by atoms with Crippen molar-refractivity contribution < 1.29 is 9.47 Å². The summed E-state index contributed by atoms with van der Waals surface area (Å²) in [5.41, 5.74) is 3.90. The molecule has 6 nitrogen and oxygen atoms in total. The lowest BCUT2D eigenvalue weighted by atomic mass is 10.2. The van der Waals surface area contributed by atoms with E-state index in [1.807, 2.05) is 6.07 Å². The van der Waals surface area contributed by atoms with Gasteiger partial charge in [0.25, 0.3) is 0 Å². The van der Waals surface area contributed by atoms with Crippen LogP contribution in [0.2, 0.25) is 5.02 Å². The summed E-state index contributed by atoms with van der Waals surface area (Å²) in [7, 11) is 1.56. The molecular weight excluding hydrogens is 364 g/mol. The average Bonchev–Trinajstić information content (AvgIpc) is 3.46. The lowest BCUT2D eigenvalue weighted by Crippen LogP contribution is -2.03. The maximum absolute atomic E-state index is 6.29. The minimum absolute atomic E-state index is 0.419. The SMILES string of the molecule is COc1ncc(-c2nc3cc(NCC4CC4)cc4c3n2CCCO4)cc1Cl. The fourth-order valence-corrected chi connectivity index (χ4v) is 3.81. The third-order valence-electron chi connectivity index (χ3n) is 5.14. The van der Waals surface area contributed by atoms with Gasteiger partial charge in [-0.3, -0.25) is 0 Å². The number of benzene rings is 1. The summed E-state index contributed by atoms with van der Waals surface area (Å²) in [5, 5.41) is 4.01. The van der Waals surface area contributed by atoms with Gasteiger partial charge in [-0.25, -0.2) is 9.97 Å². The van der Waals surface area contributed by atoms with Crippen molar-refractivity contribution in [2.75, 3.05) is 25.6 Å². The number of ether oxygens (including phenoxy) is 2. The molecule has 1 N–H and O–H groups in total. The molecule has 1 aliphatic heterocycles. The summed E-state index contributed by atoms with van der Waals surface area (Å²) in [6, 6.07) is 6.06. The number of anilines is 1. The van der Waals surface area contributed by atoms with Gasteiger partial charge in [0.05, 0.1) is 19.2 Å². The molecule has 5 rings (SSSR count). The van der Waals surface area contributed by atoms with Crippen molar-refractivity contribution in [2.24, 2.45) is 5.92 Å². The van der Waals surface area contributed by atoms with E-state index in [1.54, 1.807) is 13.3 Å². The first-order valence-corrected chi connectivity index (χ1v) is 9.71. The second-order valence-corrected chi connectivity index (χ2v) is 7.58.